The van der Waals surface area contributed by atoms with E-state index in [1.807, 2.05) is 4.90 Å². The number of hydrogen-bond acceptors (Lipinski definition) is 3. The summed E-state index contributed by atoms with van der Waals surface area (Å²) in [5, 5.41) is 2.83. The maximum absolute atomic E-state index is 13.2. The van der Waals surface area contributed by atoms with Crippen LogP contribution in [0.3, 0.4) is 0 Å². The SMILES string of the molecule is CCCCN(C)CC1CCN(C(=O)Nc2ccc(F)cc2OC)CC1. The van der Waals surface area contributed by atoms with Crippen molar-refractivity contribution >= 4 is 11.7 Å². The van der Waals surface area contributed by atoms with Gasteiger partial charge in [-0.2, -0.15) is 0 Å². The zero-order chi connectivity index (χ0) is 18.2. The van der Waals surface area contributed by atoms with E-state index in [2.05, 4.69) is 24.2 Å². The first-order valence-corrected chi connectivity index (χ1v) is 9.11. The molecule has 1 aromatic carbocycles. The number of carbonyl (C=O) groups is 1. The summed E-state index contributed by atoms with van der Waals surface area (Å²) in [7, 11) is 3.64. The van der Waals surface area contributed by atoms with Gasteiger partial charge in [-0.05, 0) is 50.9 Å². The highest BCUT2D eigenvalue weighted by atomic mass is 19.1. The zero-order valence-electron chi connectivity index (χ0n) is 15.6. The van der Waals surface area contributed by atoms with Crippen molar-refractivity contribution in [1.82, 2.24) is 9.80 Å². The number of nitrogens with one attached hydrogen (secondary N) is 1. The fraction of sp³-hybridized carbons (Fsp3) is 0.632. The molecular weight excluding hydrogens is 321 g/mol. The Morgan fingerprint density at radius 3 is 2.76 bits per heavy atom. The summed E-state index contributed by atoms with van der Waals surface area (Å²) in [6.45, 7) is 5.95. The van der Waals surface area contributed by atoms with E-state index >= 15 is 0 Å². The van der Waals surface area contributed by atoms with Gasteiger partial charge in [0.25, 0.3) is 0 Å². The molecular formula is C19H30FN3O2. The second-order valence-corrected chi connectivity index (χ2v) is 6.82. The van der Waals surface area contributed by atoms with Crippen molar-refractivity contribution in [2.75, 3.05) is 45.7 Å². The Morgan fingerprint density at radius 1 is 1.40 bits per heavy atom. The van der Waals surface area contributed by atoms with Crippen LogP contribution < -0.4 is 10.1 Å². The van der Waals surface area contributed by atoms with Gasteiger partial charge in [0.2, 0.25) is 0 Å². The first-order valence-electron chi connectivity index (χ1n) is 9.11. The van der Waals surface area contributed by atoms with Crippen LogP contribution in [0.1, 0.15) is 32.6 Å². The number of methoxy groups -OCH3 is 1. The van der Waals surface area contributed by atoms with Gasteiger partial charge in [0.1, 0.15) is 11.6 Å². The lowest BCUT2D eigenvalue weighted by Gasteiger charge is -2.34. The van der Waals surface area contributed by atoms with Crippen molar-refractivity contribution in [3.63, 3.8) is 0 Å². The second-order valence-electron chi connectivity index (χ2n) is 6.82. The smallest absolute Gasteiger partial charge is 0.321 e. The Kier molecular flexibility index (Phi) is 7.50. The third-order valence-corrected chi connectivity index (χ3v) is 4.77. The molecule has 0 aliphatic carbocycles. The van der Waals surface area contributed by atoms with Crippen LogP contribution in [0.15, 0.2) is 18.2 Å². The summed E-state index contributed by atoms with van der Waals surface area (Å²) in [4.78, 5) is 16.7. The molecule has 1 aliphatic heterocycles. The lowest BCUT2D eigenvalue weighted by atomic mass is 9.96. The number of hydrogen-bond donors (Lipinski definition) is 1. The number of anilines is 1. The molecule has 0 bridgehead atoms. The molecule has 0 aromatic heterocycles. The van der Waals surface area contributed by atoms with Crippen LogP contribution in [0.5, 0.6) is 5.75 Å². The number of carbonyl (C=O) groups excluding carboxylic acids is 1. The Balaban J connectivity index is 1.81. The lowest BCUT2D eigenvalue weighted by molar-refractivity contribution is 0.163. The molecule has 140 valence electrons. The van der Waals surface area contributed by atoms with Crippen molar-refractivity contribution in [2.24, 2.45) is 5.92 Å². The number of urea groups is 1. The van der Waals surface area contributed by atoms with Gasteiger partial charge in [-0.1, -0.05) is 13.3 Å². The van der Waals surface area contributed by atoms with Gasteiger partial charge >= 0.3 is 6.03 Å². The molecule has 25 heavy (non-hydrogen) atoms. The Labute approximate surface area is 150 Å². The van der Waals surface area contributed by atoms with Crippen molar-refractivity contribution < 1.29 is 13.9 Å². The predicted molar refractivity (Wildman–Crippen MR) is 98.7 cm³/mol. The van der Waals surface area contributed by atoms with Crippen LogP contribution >= 0.6 is 0 Å². The quantitative estimate of drug-likeness (QED) is 0.812. The number of rotatable bonds is 7. The second kappa shape index (κ2) is 9.61. The van der Waals surface area contributed by atoms with Gasteiger partial charge in [-0.3, -0.25) is 0 Å². The highest BCUT2D eigenvalue weighted by molar-refractivity contribution is 5.91. The first kappa shape index (κ1) is 19.5. The van der Waals surface area contributed by atoms with Gasteiger partial charge in [0.05, 0.1) is 12.8 Å². The largest absolute Gasteiger partial charge is 0.494 e. The van der Waals surface area contributed by atoms with Gasteiger partial charge in [-0.25, -0.2) is 9.18 Å². The number of benzene rings is 1. The van der Waals surface area contributed by atoms with E-state index in [4.69, 9.17) is 4.74 Å². The number of piperidine rings is 1. The number of likely N-dealkylation sites (tertiary alicyclic amines) is 1. The van der Waals surface area contributed by atoms with Gasteiger partial charge in [0.15, 0.2) is 0 Å². The highest BCUT2D eigenvalue weighted by Gasteiger charge is 2.24. The van der Waals surface area contributed by atoms with Crippen LogP contribution in [0.25, 0.3) is 0 Å². The molecule has 1 N–H and O–H groups in total. The summed E-state index contributed by atoms with van der Waals surface area (Å²) in [5.41, 5.74) is 0.496. The van der Waals surface area contributed by atoms with Crippen LogP contribution in [0, 0.1) is 11.7 Å². The minimum absolute atomic E-state index is 0.150. The molecule has 1 saturated heterocycles. The van der Waals surface area contributed by atoms with E-state index in [9.17, 15) is 9.18 Å². The van der Waals surface area contributed by atoms with Gasteiger partial charge in [-0.15, -0.1) is 0 Å². The third kappa shape index (κ3) is 5.88. The Bertz CT molecular complexity index is 560. The predicted octanol–water partition coefficient (Wildman–Crippen LogP) is 3.81. The van der Waals surface area contributed by atoms with Gasteiger partial charge < -0.3 is 19.9 Å². The normalized spacial score (nSPS) is 15.5. The van der Waals surface area contributed by atoms with Crippen LogP contribution in [-0.4, -0.2) is 56.2 Å². The standard InChI is InChI=1S/C19H30FN3O2/c1-4-5-10-22(2)14-15-8-11-23(12-9-15)19(24)21-17-7-6-16(20)13-18(17)25-3/h6-7,13,15H,4-5,8-12,14H2,1-3H3,(H,21,24). The van der Waals surface area contributed by atoms with E-state index in [-0.39, 0.29) is 11.8 Å². The molecule has 6 heteroatoms. The molecule has 1 aromatic rings. The Hall–Kier alpha value is -1.82. The van der Waals surface area contributed by atoms with Crippen LogP contribution in [0.2, 0.25) is 0 Å². The van der Waals surface area contributed by atoms with Crippen molar-refractivity contribution in [3.05, 3.63) is 24.0 Å². The maximum Gasteiger partial charge on any atom is 0.321 e. The summed E-state index contributed by atoms with van der Waals surface area (Å²) in [6.07, 6.45) is 4.49. The molecule has 1 aliphatic rings. The molecule has 5 nitrogen and oxygen atoms in total. The molecule has 2 rings (SSSR count). The minimum Gasteiger partial charge on any atom is -0.494 e. The van der Waals surface area contributed by atoms with Gasteiger partial charge in [0, 0.05) is 25.7 Å². The number of nitrogens with zero attached hydrogens (tertiary/aromatic N) is 2. The molecule has 2 amide bonds. The van der Waals surface area contributed by atoms with E-state index in [0.717, 1.165) is 39.0 Å². The minimum atomic E-state index is -0.386. The van der Waals surface area contributed by atoms with Crippen LogP contribution in [0.4, 0.5) is 14.9 Å². The van der Waals surface area contributed by atoms with E-state index in [0.29, 0.717) is 17.4 Å². The van der Waals surface area contributed by atoms with Crippen LogP contribution in [-0.2, 0) is 0 Å². The van der Waals surface area contributed by atoms with Crippen molar-refractivity contribution in [3.8, 4) is 5.75 Å². The molecule has 0 saturated carbocycles. The summed E-state index contributed by atoms with van der Waals surface area (Å²) < 4.78 is 18.4. The van der Waals surface area contributed by atoms with Crippen molar-refractivity contribution in [2.45, 2.75) is 32.6 Å². The summed E-state index contributed by atoms with van der Waals surface area (Å²) in [5.74, 6) is 0.593. The average Bonchev–Trinajstić information content (AvgIpc) is 2.62. The van der Waals surface area contributed by atoms with E-state index in [1.54, 1.807) is 0 Å². The number of ether oxygens (including phenoxy) is 1. The molecule has 0 unspecified atom stereocenters. The summed E-state index contributed by atoms with van der Waals surface area (Å²) in [6, 6.07) is 3.97. The zero-order valence-corrected chi connectivity index (χ0v) is 15.6. The molecule has 0 spiro atoms. The fourth-order valence-corrected chi connectivity index (χ4v) is 3.24. The Morgan fingerprint density at radius 2 is 2.12 bits per heavy atom. The average molecular weight is 351 g/mol. The van der Waals surface area contributed by atoms with E-state index in [1.165, 1.54) is 38.2 Å². The maximum atomic E-state index is 13.2. The third-order valence-electron chi connectivity index (χ3n) is 4.77. The molecule has 1 fully saturated rings. The summed E-state index contributed by atoms with van der Waals surface area (Å²) >= 11 is 0. The molecule has 0 radical (unpaired) electrons. The number of unbranched alkanes of at least 4 members (excludes halogenated alkanes) is 1. The van der Waals surface area contributed by atoms with Crippen molar-refractivity contribution in [1.29, 1.82) is 0 Å². The number of halogens is 1. The number of amides is 2. The monoisotopic (exact) mass is 351 g/mol. The first-order chi connectivity index (χ1) is 12.0. The molecule has 0 atom stereocenters. The van der Waals surface area contributed by atoms with E-state index < -0.39 is 0 Å². The molecule has 1 heterocycles. The highest BCUT2D eigenvalue weighted by Crippen LogP contribution is 2.26. The fourth-order valence-electron chi connectivity index (χ4n) is 3.24. The topological polar surface area (TPSA) is 44.8 Å². The lowest BCUT2D eigenvalue weighted by Crippen LogP contribution is -2.43.